The van der Waals surface area contributed by atoms with Crippen LogP contribution in [0.25, 0.3) is 0 Å². The minimum atomic E-state index is -1.12. The fourth-order valence-electron chi connectivity index (χ4n) is 1.58. The summed E-state index contributed by atoms with van der Waals surface area (Å²) in [5.74, 6) is -1.39. The van der Waals surface area contributed by atoms with E-state index in [0.29, 0.717) is 10.2 Å². The van der Waals surface area contributed by atoms with Crippen LogP contribution < -0.4 is 10.1 Å². The van der Waals surface area contributed by atoms with Gasteiger partial charge in [-0.2, -0.15) is 0 Å². The number of aromatic carboxylic acids is 1. The standard InChI is InChI=1S/C13H10BrFN2O3/c1-20-11-5-8(2-3-10(11)15)17-12-9(13(18)19)4-7(14)6-16-12/h2-6H,1H3,(H,16,17)(H,18,19). The highest BCUT2D eigenvalue weighted by molar-refractivity contribution is 9.10. The predicted molar refractivity (Wildman–Crippen MR) is 75.1 cm³/mol. The SMILES string of the molecule is COc1cc(Nc2ncc(Br)cc2C(=O)O)ccc1F. The number of carboxylic acid groups (broad SMARTS) is 1. The molecule has 0 aliphatic carbocycles. The highest BCUT2D eigenvalue weighted by Gasteiger charge is 2.13. The van der Waals surface area contributed by atoms with E-state index in [0.717, 1.165) is 0 Å². The molecule has 20 heavy (non-hydrogen) atoms. The van der Waals surface area contributed by atoms with E-state index in [2.05, 4.69) is 26.2 Å². The number of aromatic nitrogens is 1. The van der Waals surface area contributed by atoms with Gasteiger partial charge in [-0.25, -0.2) is 14.2 Å². The Labute approximate surface area is 122 Å². The number of hydrogen-bond acceptors (Lipinski definition) is 4. The van der Waals surface area contributed by atoms with Gasteiger partial charge in [-0.15, -0.1) is 0 Å². The third kappa shape index (κ3) is 3.05. The van der Waals surface area contributed by atoms with Gasteiger partial charge in [0.1, 0.15) is 11.4 Å². The molecule has 0 saturated heterocycles. The van der Waals surface area contributed by atoms with Gasteiger partial charge in [-0.1, -0.05) is 0 Å². The quantitative estimate of drug-likeness (QED) is 0.892. The Bertz CT molecular complexity index is 664. The summed E-state index contributed by atoms with van der Waals surface area (Å²) in [6.07, 6.45) is 1.47. The van der Waals surface area contributed by atoms with Gasteiger partial charge in [0.15, 0.2) is 11.6 Å². The molecule has 0 aliphatic rings. The van der Waals surface area contributed by atoms with Crippen molar-refractivity contribution in [2.24, 2.45) is 0 Å². The summed E-state index contributed by atoms with van der Waals surface area (Å²) < 4.78 is 18.7. The van der Waals surface area contributed by atoms with Crippen LogP contribution in [0.3, 0.4) is 0 Å². The van der Waals surface area contributed by atoms with E-state index in [9.17, 15) is 9.18 Å². The van der Waals surface area contributed by atoms with Crippen molar-refractivity contribution in [1.29, 1.82) is 0 Å². The van der Waals surface area contributed by atoms with Crippen LogP contribution in [0.1, 0.15) is 10.4 Å². The van der Waals surface area contributed by atoms with Gasteiger partial charge in [0.05, 0.1) is 7.11 Å². The van der Waals surface area contributed by atoms with Crippen molar-refractivity contribution in [3.8, 4) is 5.75 Å². The minimum absolute atomic E-state index is 0.00247. The fraction of sp³-hybridized carbons (Fsp3) is 0.0769. The van der Waals surface area contributed by atoms with E-state index < -0.39 is 11.8 Å². The van der Waals surface area contributed by atoms with Gasteiger partial charge < -0.3 is 15.2 Å². The summed E-state index contributed by atoms with van der Waals surface area (Å²) in [5, 5.41) is 12.0. The average molecular weight is 341 g/mol. The maximum atomic E-state index is 13.3. The summed E-state index contributed by atoms with van der Waals surface area (Å²) in [7, 11) is 1.35. The van der Waals surface area contributed by atoms with Gasteiger partial charge in [-0.05, 0) is 34.1 Å². The molecule has 0 bridgehead atoms. The summed E-state index contributed by atoms with van der Waals surface area (Å²) >= 11 is 3.16. The lowest BCUT2D eigenvalue weighted by molar-refractivity contribution is 0.0697. The minimum Gasteiger partial charge on any atom is -0.494 e. The van der Waals surface area contributed by atoms with E-state index in [1.54, 1.807) is 0 Å². The number of benzene rings is 1. The van der Waals surface area contributed by atoms with Crippen molar-refractivity contribution >= 4 is 33.4 Å². The Balaban J connectivity index is 2.37. The van der Waals surface area contributed by atoms with Crippen LogP contribution in [0.2, 0.25) is 0 Å². The molecule has 2 rings (SSSR count). The first-order chi connectivity index (χ1) is 9.51. The lowest BCUT2D eigenvalue weighted by atomic mass is 10.2. The second-order valence-corrected chi connectivity index (χ2v) is 4.74. The van der Waals surface area contributed by atoms with Crippen molar-refractivity contribution in [2.45, 2.75) is 0 Å². The first-order valence-electron chi connectivity index (χ1n) is 5.50. The van der Waals surface area contributed by atoms with E-state index in [1.165, 1.54) is 37.6 Å². The van der Waals surface area contributed by atoms with Crippen LogP contribution in [0, 0.1) is 5.82 Å². The van der Waals surface area contributed by atoms with Gasteiger partial charge in [0.25, 0.3) is 0 Å². The van der Waals surface area contributed by atoms with Gasteiger partial charge in [-0.3, -0.25) is 0 Å². The maximum Gasteiger partial charge on any atom is 0.339 e. The first kappa shape index (κ1) is 14.3. The van der Waals surface area contributed by atoms with Crippen LogP contribution in [-0.4, -0.2) is 23.2 Å². The van der Waals surface area contributed by atoms with Gasteiger partial charge in [0, 0.05) is 22.4 Å². The molecule has 5 nitrogen and oxygen atoms in total. The number of pyridine rings is 1. The van der Waals surface area contributed by atoms with Crippen molar-refractivity contribution in [3.63, 3.8) is 0 Å². The molecule has 0 saturated carbocycles. The number of carboxylic acids is 1. The van der Waals surface area contributed by atoms with Crippen molar-refractivity contribution in [1.82, 2.24) is 4.98 Å². The second-order valence-electron chi connectivity index (χ2n) is 3.83. The van der Waals surface area contributed by atoms with E-state index in [1.807, 2.05) is 0 Å². The fourth-order valence-corrected chi connectivity index (χ4v) is 1.91. The first-order valence-corrected chi connectivity index (χ1v) is 6.30. The van der Waals surface area contributed by atoms with E-state index in [4.69, 9.17) is 9.84 Å². The molecule has 0 aliphatic heterocycles. The molecule has 0 unspecified atom stereocenters. The Hall–Kier alpha value is -2.15. The molecule has 2 aromatic rings. The smallest absolute Gasteiger partial charge is 0.339 e. The number of carbonyl (C=O) groups is 1. The Kier molecular flexibility index (Phi) is 4.19. The molecule has 2 N–H and O–H groups in total. The summed E-state index contributed by atoms with van der Waals surface area (Å²) in [5.41, 5.74) is 0.475. The third-order valence-electron chi connectivity index (χ3n) is 2.50. The monoisotopic (exact) mass is 340 g/mol. The molecule has 0 atom stereocenters. The number of halogens is 2. The maximum absolute atomic E-state index is 13.3. The average Bonchev–Trinajstić information content (AvgIpc) is 2.42. The largest absolute Gasteiger partial charge is 0.494 e. The molecule has 1 heterocycles. The zero-order valence-corrected chi connectivity index (χ0v) is 11.9. The lowest BCUT2D eigenvalue weighted by Crippen LogP contribution is -2.05. The third-order valence-corrected chi connectivity index (χ3v) is 2.93. The number of ether oxygens (including phenoxy) is 1. The van der Waals surface area contributed by atoms with Crippen molar-refractivity contribution < 1.29 is 19.0 Å². The zero-order valence-electron chi connectivity index (χ0n) is 10.4. The predicted octanol–water partition coefficient (Wildman–Crippen LogP) is 3.43. The number of nitrogens with zero attached hydrogens (tertiary/aromatic N) is 1. The number of nitrogens with one attached hydrogen (secondary N) is 1. The molecular formula is C13H10BrFN2O3. The molecule has 0 fully saturated rings. The van der Waals surface area contributed by atoms with Gasteiger partial charge in [0.2, 0.25) is 0 Å². The highest BCUT2D eigenvalue weighted by Crippen LogP contribution is 2.26. The Morgan fingerprint density at radius 1 is 1.45 bits per heavy atom. The Morgan fingerprint density at radius 2 is 2.20 bits per heavy atom. The number of hydrogen-bond donors (Lipinski definition) is 2. The topological polar surface area (TPSA) is 71.5 Å². The molecular weight excluding hydrogens is 331 g/mol. The summed E-state index contributed by atoms with van der Waals surface area (Å²) in [6, 6.07) is 5.54. The van der Waals surface area contributed by atoms with Crippen molar-refractivity contribution in [2.75, 3.05) is 12.4 Å². The zero-order chi connectivity index (χ0) is 14.7. The normalized spacial score (nSPS) is 10.2. The molecule has 0 amide bonds. The van der Waals surface area contributed by atoms with Crippen LogP contribution >= 0.6 is 15.9 Å². The van der Waals surface area contributed by atoms with Crippen molar-refractivity contribution in [3.05, 3.63) is 46.3 Å². The van der Waals surface area contributed by atoms with E-state index >= 15 is 0 Å². The van der Waals surface area contributed by atoms with E-state index in [-0.39, 0.29) is 17.1 Å². The van der Waals surface area contributed by atoms with Gasteiger partial charge >= 0.3 is 5.97 Å². The molecule has 0 radical (unpaired) electrons. The van der Waals surface area contributed by atoms with Crippen LogP contribution in [-0.2, 0) is 0 Å². The van der Waals surface area contributed by atoms with Crippen LogP contribution in [0.5, 0.6) is 5.75 Å². The number of anilines is 2. The molecule has 1 aromatic carbocycles. The van der Waals surface area contributed by atoms with Crippen LogP contribution in [0.15, 0.2) is 34.9 Å². The lowest BCUT2D eigenvalue weighted by Gasteiger charge is -2.10. The molecule has 104 valence electrons. The summed E-state index contributed by atoms with van der Waals surface area (Å²) in [4.78, 5) is 15.2. The number of methoxy groups -OCH3 is 1. The molecule has 1 aromatic heterocycles. The van der Waals surface area contributed by atoms with Crippen LogP contribution in [0.4, 0.5) is 15.9 Å². The number of rotatable bonds is 4. The molecule has 7 heteroatoms. The molecule has 0 spiro atoms. The second kappa shape index (κ2) is 5.87. The highest BCUT2D eigenvalue weighted by atomic mass is 79.9. The summed E-state index contributed by atoms with van der Waals surface area (Å²) in [6.45, 7) is 0. The Morgan fingerprint density at radius 3 is 2.85 bits per heavy atom.